The van der Waals surface area contributed by atoms with E-state index in [-0.39, 0.29) is 22.8 Å². The Kier molecular flexibility index (Phi) is 5.43. The Morgan fingerprint density at radius 1 is 1.45 bits per heavy atom. The maximum atomic E-state index is 12.3. The van der Waals surface area contributed by atoms with Crippen molar-refractivity contribution in [2.45, 2.75) is 11.3 Å². The van der Waals surface area contributed by atoms with Gasteiger partial charge in [-0.2, -0.15) is 0 Å². The van der Waals surface area contributed by atoms with Gasteiger partial charge in [0, 0.05) is 39.4 Å². The maximum Gasteiger partial charge on any atom is 0.271 e. The standard InChI is InChI=1S/C11H17N3O5S/c1-13(6-3-7-19-2)20(17,18)11-5-4-9(14(15)16)8-10(11)12/h4-5,8H,3,6-7,12H2,1-2H3. The third-order valence-electron chi connectivity index (χ3n) is 2.71. The molecule has 0 spiro atoms. The first-order valence-corrected chi connectivity index (χ1v) is 7.24. The number of hydrogen-bond acceptors (Lipinski definition) is 6. The highest BCUT2D eigenvalue weighted by atomic mass is 32.2. The highest BCUT2D eigenvalue weighted by Crippen LogP contribution is 2.25. The summed E-state index contributed by atoms with van der Waals surface area (Å²) in [7, 11) is -0.809. The number of anilines is 1. The predicted octanol–water partition coefficient (Wildman–Crippen LogP) is 0.834. The summed E-state index contributed by atoms with van der Waals surface area (Å²) < 4.78 is 30.5. The number of benzene rings is 1. The average molecular weight is 303 g/mol. The topological polar surface area (TPSA) is 116 Å². The first kappa shape index (κ1) is 16.3. The largest absolute Gasteiger partial charge is 0.397 e. The number of nitro groups is 1. The zero-order valence-electron chi connectivity index (χ0n) is 11.3. The molecule has 0 atom stereocenters. The first-order chi connectivity index (χ1) is 9.30. The lowest BCUT2D eigenvalue weighted by Crippen LogP contribution is -2.29. The van der Waals surface area contributed by atoms with Gasteiger partial charge in [-0.05, 0) is 12.5 Å². The van der Waals surface area contributed by atoms with Crippen LogP contribution in [0.15, 0.2) is 23.1 Å². The smallest absolute Gasteiger partial charge is 0.271 e. The van der Waals surface area contributed by atoms with E-state index in [9.17, 15) is 18.5 Å². The van der Waals surface area contributed by atoms with E-state index in [1.165, 1.54) is 14.2 Å². The van der Waals surface area contributed by atoms with Crippen molar-refractivity contribution in [3.05, 3.63) is 28.3 Å². The number of non-ortho nitro benzene ring substituents is 1. The van der Waals surface area contributed by atoms with Gasteiger partial charge in [0.1, 0.15) is 4.90 Å². The molecule has 0 radical (unpaired) electrons. The van der Waals surface area contributed by atoms with Gasteiger partial charge in [-0.3, -0.25) is 10.1 Å². The fourth-order valence-electron chi connectivity index (χ4n) is 1.60. The molecular weight excluding hydrogens is 286 g/mol. The molecule has 0 bridgehead atoms. The fourth-order valence-corrected chi connectivity index (χ4v) is 2.91. The molecule has 1 aromatic rings. The number of nitro benzene ring substituents is 1. The summed E-state index contributed by atoms with van der Waals surface area (Å²) in [6.45, 7) is 0.711. The Balaban J connectivity index is 3.00. The zero-order valence-corrected chi connectivity index (χ0v) is 12.1. The third kappa shape index (κ3) is 3.65. The number of hydrogen-bond donors (Lipinski definition) is 1. The van der Waals surface area contributed by atoms with Gasteiger partial charge in [0.05, 0.1) is 10.6 Å². The lowest BCUT2D eigenvalue weighted by atomic mass is 10.3. The van der Waals surface area contributed by atoms with E-state index in [4.69, 9.17) is 10.5 Å². The number of rotatable bonds is 7. The Morgan fingerprint density at radius 2 is 2.10 bits per heavy atom. The Labute approximate surface area is 117 Å². The minimum Gasteiger partial charge on any atom is -0.397 e. The van der Waals surface area contributed by atoms with Gasteiger partial charge in [-0.15, -0.1) is 0 Å². The van der Waals surface area contributed by atoms with Gasteiger partial charge in [0.2, 0.25) is 10.0 Å². The maximum absolute atomic E-state index is 12.3. The molecule has 0 saturated heterocycles. The number of nitrogens with zero attached hydrogens (tertiary/aromatic N) is 2. The number of nitrogen functional groups attached to an aromatic ring is 1. The van der Waals surface area contributed by atoms with Crippen molar-refractivity contribution in [3.63, 3.8) is 0 Å². The second-order valence-corrected chi connectivity index (χ2v) is 6.17. The summed E-state index contributed by atoms with van der Waals surface area (Å²) in [5.41, 5.74) is 5.22. The normalized spacial score (nSPS) is 11.8. The van der Waals surface area contributed by atoms with E-state index < -0.39 is 14.9 Å². The molecule has 20 heavy (non-hydrogen) atoms. The van der Waals surface area contributed by atoms with Crippen LogP contribution in [0.2, 0.25) is 0 Å². The molecule has 9 heteroatoms. The van der Waals surface area contributed by atoms with Crippen molar-refractivity contribution >= 4 is 21.4 Å². The molecule has 0 saturated carbocycles. The van der Waals surface area contributed by atoms with Gasteiger partial charge in [-0.1, -0.05) is 0 Å². The summed E-state index contributed by atoms with van der Waals surface area (Å²) >= 11 is 0. The molecule has 0 aliphatic carbocycles. The van der Waals surface area contributed by atoms with Crippen LogP contribution in [-0.2, 0) is 14.8 Å². The summed E-state index contributed by atoms with van der Waals surface area (Å²) in [6, 6.07) is 3.30. The van der Waals surface area contributed by atoms with Crippen LogP contribution in [0.5, 0.6) is 0 Å². The lowest BCUT2D eigenvalue weighted by molar-refractivity contribution is -0.384. The summed E-state index contributed by atoms with van der Waals surface area (Å²) in [6.07, 6.45) is 0.541. The first-order valence-electron chi connectivity index (χ1n) is 5.80. The SMILES string of the molecule is COCCCN(C)S(=O)(=O)c1ccc([N+](=O)[O-])cc1N. The molecule has 1 rings (SSSR count). The van der Waals surface area contributed by atoms with E-state index in [1.807, 2.05) is 0 Å². The van der Waals surface area contributed by atoms with Crippen molar-refractivity contribution in [2.24, 2.45) is 0 Å². The second-order valence-electron chi connectivity index (χ2n) is 4.15. The molecule has 0 fully saturated rings. The molecule has 0 aromatic heterocycles. The number of ether oxygens (including phenoxy) is 1. The quantitative estimate of drug-likeness (QED) is 0.345. The molecule has 0 aliphatic rings. The molecule has 112 valence electrons. The van der Waals surface area contributed by atoms with Gasteiger partial charge >= 0.3 is 0 Å². The fraction of sp³-hybridized carbons (Fsp3) is 0.455. The predicted molar refractivity (Wildman–Crippen MR) is 73.8 cm³/mol. The van der Waals surface area contributed by atoms with Gasteiger partial charge in [-0.25, -0.2) is 12.7 Å². The van der Waals surface area contributed by atoms with E-state index >= 15 is 0 Å². The van der Waals surface area contributed by atoms with Gasteiger partial charge < -0.3 is 10.5 Å². The van der Waals surface area contributed by atoms with Crippen LogP contribution in [0.25, 0.3) is 0 Å². The monoisotopic (exact) mass is 303 g/mol. The van der Waals surface area contributed by atoms with Gasteiger partial charge in [0.15, 0.2) is 0 Å². The van der Waals surface area contributed by atoms with Crippen molar-refractivity contribution in [3.8, 4) is 0 Å². The average Bonchev–Trinajstić information content (AvgIpc) is 2.38. The molecule has 0 unspecified atom stereocenters. The van der Waals surface area contributed by atoms with E-state index in [1.54, 1.807) is 0 Å². The highest BCUT2D eigenvalue weighted by Gasteiger charge is 2.24. The molecule has 0 aliphatic heterocycles. The highest BCUT2D eigenvalue weighted by molar-refractivity contribution is 7.89. The minimum absolute atomic E-state index is 0.136. The Morgan fingerprint density at radius 3 is 2.60 bits per heavy atom. The summed E-state index contributed by atoms with van der Waals surface area (Å²) in [4.78, 5) is 9.83. The Hall–Kier alpha value is -1.71. The minimum atomic E-state index is -3.76. The number of sulfonamides is 1. The molecule has 0 amide bonds. The van der Waals surface area contributed by atoms with Gasteiger partial charge in [0.25, 0.3) is 5.69 Å². The second kappa shape index (κ2) is 6.64. The molecule has 1 aromatic carbocycles. The van der Waals surface area contributed by atoms with E-state index in [2.05, 4.69) is 0 Å². The summed E-state index contributed by atoms with van der Waals surface area (Å²) in [5.74, 6) is 0. The van der Waals surface area contributed by atoms with Crippen LogP contribution in [-0.4, -0.2) is 45.0 Å². The van der Waals surface area contributed by atoms with E-state index in [0.29, 0.717) is 13.0 Å². The lowest BCUT2D eigenvalue weighted by Gasteiger charge is -2.17. The van der Waals surface area contributed by atoms with Crippen LogP contribution in [0.4, 0.5) is 11.4 Å². The van der Waals surface area contributed by atoms with Crippen LogP contribution in [0.3, 0.4) is 0 Å². The van der Waals surface area contributed by atoms with Crippen molar-refractivity contribution in [1.82, 2.24) is 4.31 Å². The zero-order chi connectivity index (χ0) is 15.3. The number of nitrogens with two attached hydrogens (primary N) is 1. The summed E-state index contributed by atoms with van der Waals surface area (Å²) in [5, 5.41) is 10.6. The van der Waals surface area contributed by atoms with Crippen molar-refractivity contribution in [2.75, 3.05) is 33.0 Å². The van der Waals surface area contributed by atoms with Crippen LogP contribution < -0.4 is 5.73 Å². The van der Waals surface area contributed by atoms with Crippen LogP contribution in [0.1, 0.15) is 6.42 Å². The van der Waals surface area contributed by atoms with Crippen molar-refractivity contribution < 1.29 is 18.1 Å². The molecule has 8 nitrogen and oxygen atoms in total. The van der Waals surface area contributed by atoms with Crippen molar-refractivity contribution in [1.29, 1.82) is 0 Å². The third-order valence-corrected chi connectivity index (χ3v) is 4.64. The molecule has 2 N–H and O–H groups in total. The Bertz CT molecular complexity index is 588. The molecule has 0 heterocycles. The van der Waals surface area contributed by atoms with Crippen LogP contribution in [0, 0.1) is 10.1 Å². The van der Waals surface area contributed by atoms with Crippen LogP contribution >= 0.6 is 0 Å². The molecular formula is C11H17N3O5S. The number of methoxy groups -OCH3 is 1. The van der Waals surface area contributed by atoms with E-state index in [0.717, 1.165) is 22.5 Å².